The summed E-state index contributed by atoms with van der Waals surface area (Å²) in [6, 6.07) is 0. The second kappa shape index (κ2) is 3.87. The summed E-state index contributed by atoms with van der Waals surface area (Å²) >= 11 is 0. The number of hydrogen-bond acceptors (Lipinski definition) is 4. The maximum atomic E-state index is 5.74. The molecule has 0 saturated heterocycles. The fourth-order valence-electron chi connectivity index (χ4n) is 1.44. The van der Waals surface area contributed by atoms with E-state index in [9.17, 15) is 0 Å². The van der Waals surface area contributed by atoms with Crippen LogP contribution in [0.2, 0.25) is 0 Å². The number of nitrogens with zero attached hydrogens (tertiary/aromatic N) is 2. The van der Waals surface area contributed by atoms with Gasteiger partial charge in [0, 0.05) is 6.54 Å². The van der Waals surface area contributed by atoms with Crippen LogP contribution in [0, 0.1) is 6.92 Å². The largest absolute Gasteiger partial charge is 0.339 e. The number of aryl methyl sites for hydroxylation is 1. The van der Waals surface area contributed by atoms with Gasteiger partial charge in [0.05, 0.1) is 5.41 Å². The third-order valence-electron chi connectivity index (χ3n) is 2.73. The van der Waals surface area contributed by atoms with Crippen LogP contribution >= 0.6 is 0 Å². The Labute approximate surface area is 78.5 Å². The number of nitrogens with two attached hydrogens (primary N) is 1. The molecule has 1 rings (SSSR count). The minimum absolute atomic E-state index is 0.124. The molecule has 0 bridgehead atoms. The molecule has 0 aromatic carbocycles. The second-order valence-electron chi connectivity index (χ2n) is 3.34. The second-order valence-corrected chi connectivity index (χ2v) is 3.34. The lowest BCUT2D eigenvalue weighted by atomic mass is 9.82. The molecule has 0 atom stereocenters. The molecule has 74 valence electrons. The van der Waals surface area contributed by atoms with Crippen molar-refractivity contribution in [2.24, 2.45) is 5.73 Å². The quantitative estimate of drug-likeness (QED) is 0.766. The highest BCUT2D eigenvalue weighted by molar-refractivity contribution is 5.04. The Bertz CT molecular complexity index is 257. The molecular weight excluding hydrogens is 166 g/mol. The van der Waals surface area contributed by atoms with E-state index in [1.165, 1.54) is 0 Å². The average molecular weight is 183 g/mol. The van der Waals surface area contributed by atoms with E-state index in [4.69, 9.17) is 10.3 Å². The van der Waals surface area contributed by atoms with Gasteiger partial charge >= 0.3 is 0 Å². The topological polar surface area (TPSA) is 64.9 Å². The van der Waals surface area contributed by atoms with Crippen molar-refractivity contribution >= 4 is 0 Å². The summed E-state index contributed by atoms with van der Waals surface area (Å²) in [5.74, 6) is 1.35. The Kier molecular flexibility index (Phi) is 3.03. The fourth-order valence-corrected chi connectivity index (χ4v) is 1.44. The molecule has 0 amide bonds. The summed E-state index contributed by atoms with van der Waals surface area (Å²) in [5.41, 5.74) is 5.62. The fraction of sp³-hybridized carbons (Fsp3) is 0.778. The Morgan fingerprint density at radius 3 is 2.31 bits per heavy atom. The van der Waals surface area contributed by atoms with E-state index in [0.717, 1.165) is 12.8 Å². The minimum atomic E-state index is -0.124. The van der Waals surface area contributed by atoms with Gasteiger partial charge in [-0.2, -0.15) is 4.98 Å². The molecule has 0 fully saturated rings. The average Bonchev–Trinajstić information content (AvgIpc) is 2.57. The predicted octanol–water partition coefficient (Wildman–Crippen LogP) is 1.39. The van der Waals surface area contributed by atoms with Gasteiger partial charge in [-0.25, -0.2) is 0 Å². The predicted molar refractivity (Wildman–Crippen MR) is 50.3 cm³/mol. The van der Waals surface area contributed by atoms with Crippen LogP contribution in [-0.4, -0.2) is 16.7 Å². The third-order valence-corrected chi connectivity index (χ3v) is 2.73. The molecule has 0 aliphatic rings. The van der Waals surface area contributed by atoms with Crippen molar-refractivity contribution in [3.8, 4) is 0 Å². The summed E-state index contributed by atoms with van der Waals surface area (Å²) in [4.78, 5) is 4.24. The Morgan fingerprint density at radius 2 is 2.00 bits per heavy atom. The SMILES string of the molecule is CCC(CC)(CN)c1nc(C)no1. The van der Waals surface area contributed by atoms with E-state index in [0.29, 0.717) is 18.3 Å². The standard InChI is InChI=1S/C9H17N3O/c1-4-9(5-2,6-10)8-11-7(3)12-13-8/h4-6,10H2,1-3H3. The molecule has 0 spiro atoms. The molecule has 13 heavy (non-hydrogen) atoms. The summed E-state index contributed by atoms with van der Waals surface area (Å²) in [6.45, 7) is 6.56. The Hall–Kier alpha value is -0.900. The lowest BCUT2D eigenvalue weighted by Crippen LogP contribution is -2.34. The molecule has 0 saturated carbocycles. The first-order valence-corrected chi connectivity index (χ1v) is 4.69. The van der Waals surface area contributed by atoms with Crippen molar-refractivity contribution in [2.45, 2.75) is 39.0 Å². The molecule has 1 aromatic heterocycles. The monoisotopic (exact) mass is 183 g/mol. The zero-order valence-corrected chi connectivity index (χ0v) is 8.50. The van der Waals surface area contributed by atoms with Crippen LogP contribution in [-0.2, 0) is 5.41 Å². The van der Waals surface area contributed by atoms with Gasteiger partial charge in [-0.1, -0.05) is 19.0 Å². The normalized spacial score (nSPS) is 12.0. The third kappa shape index (κ3) is 1.72. The maximum absolute atomic E-state index is 5.74. The van der Waals surface area contributed by atoms with Crippen LogP contribution in [0.25, 0.3) is 0 Å². The van der Waals surface area contributed by atoms with Crippen molar-refractivity contribution in [1.29, 1.82) is 0 Å². The molecule has 0 unspecified atom stereocenters. The maximum Gasteiger partial charge on any atom is 0.234 e. The van der Waals surface area contributed by atoms with Crippen LogP contribution in [0.1, 0.15) is 38.4 Å². The minimum Gasteiger partial charge on any atom is -0.339 e. The van der Waals surface area contributed by atoms with E-state index >= 15 is 0 Å². The van der Waals surface area contributed by atoms with Crippen LogP contribution in [0.15, 0.2) is 4.52 Å². The van der Waals surface area contributed by atoms with E-state index in [2.05, 4.69) is 24.0 Å². The van der Waals surface area contributed by atoms with Crippen molar-refractivity contribution < 1.29 is 4.52 Å². The molecular formula is C9H17N3O. The Balaban J connectivity index is 3.00. The molecule has 0 radical (unpaired) electrons. The molecule has 2 N–H and O–H groups in total. The molecule has 0 aliphatic heterocycles. The van der Waals surface area contributed by atoms with Crippen molar-refractivity contribution in [3.63, 3.8) is 0 Å². The zero-order chi connectivity index (χ0) is 9.90. The van der Waals surface area contributed by atoms with E-state index < -0.39 is 0 Å². The lowest BCUT2D eigenvalue weighted by molar-refractivity contribution is 0.266. The van der Waals surface area contributed by atoms with Crippen LogP contribution in [0.3, 0.4) is 0 Å². The Morgan fingerprint density at radius 1 is 1.38 bits per heavy atom. The molecule has 4 nitrogen and oxygen atoms in total. The summed E-state index contributed by atoms with van der Waals surface area (Å²) in [5, 5.41) is 3.78. The van der Waals surface area contributed by atoms with Crippen LogP contribution in [0.5, 0.6) is 0 Å². The lowest BCUT2D eigenvalue weighted by Gasteiger charge is -2.24. The van der Waals surface area contributed by atoms with Crippen LogP contribution in [0.4, 0.5) is 0 Å². The summed E-state index contributed by atoms with van der Waals surface area (Å²) < 4.78 is 5.16. The van der Waals surface area contributed by atoms with Gasteiger partial charge in [0.2, 0.25) is 5.89 Å². The first kappa shape index (κ1) is 10.2. The summed E-state index contributed by atoms with van der Waals surface area (Å²) in [6.07, 6.45) is 1.86. The highest BCUT2D eigenvalue weighted by Gasteiger charge is 2.32. The highest BCUT2D eigenvalue weighted by Crippen LogP contribution is 2.28. The van der Waals surface area contributed by atoms with Gasteiger partial charge in [0.1, 0.15) is 0 Å². The van der Waals surface area contributed by atoms with Crippen LogP contribution < -0.4 is 5.73 Å². The van der Waals surface area contributed by atoms with E-state index in [-0.39, 0.29) is 5.41 Å². The van der Waals surface area contributed by atoms with Crippen molar-refractivity contribution in [1.82, 2.24) is 10.1 Å². The van der Waals surface area contributed by atoms with Gasteiger partial charge in [-0.05, 0) is 19.8 Å². The van der Waals surface area contributed by atoms with E-state index in [1.807, 2.05) is 6.92 Å². The van der Waals surface area contributed by atoms with Gasteiger partial charge in [-0.15, -0.1) is 0 Å². The van der Waals surface area contributed by atoms with Gasteiger partial charge in [0.15, 0.2) is 5.82 Å². The van der Waals surface area contributed by atoms with Gasteiger partial charge < -0.3 is 10.3 Å². The molecule has 1 heterocycles. The number of rotatable bonds is 4. The van der Waals surface area contributed by atoms with Crippen molar-refractivity contribution in [2.75, 3.05) is 6.54 Å². The molecule has 1 aromatic rings. The highest BCUT2D eigenvalue weighted by atomic mass is 16.5. The zero-order valence-electron chi connectivity index (χ0n) is 8.50. The molecule has 0 aliphatic carbocycles. The summed E-state index contributed by atoms with van der Waals surface area (Å²) in [7, 11) is 0. The van der Waals surface area contributed by atoms with E-state index in [1.54, 1.807) is 0 Å². The smallest absolute Gasteiger partial charge is 0.234 e. The van der Waals surface area contributed by atoms with Gasteiger partial charge in [0.25, 0.3) is 0 Å². The number of aromatic nitrogens is 2. The number of hydrogen-bond donors (Lipinski definition) is 1. The first-order chi connectivity index (χ1) is 6.18. The first-order valence-electron chi connectivity index (χ1n) is 4.69. The van der Waals surface area contributed by atoms with Crippen molar-refractivity contribution in [3.05, 3.63) is 11.7 Å². The molecule has 4 heteroatoms. The van der Waals surface area contributed by atoms with Gasteiger partial charge in [-0.3, -0.25) is 0 Å².